The van der Waals surface area contributed by atoms with Crippen molar-refractivity contribution in [2.45, 2.75) is 13.2 Å². The Morgan fingerprint density at radius 2 is 1.54 bits per heavy atom. The van der Waals surface area contributed by atoms with Gasteiger partial charge >= 0.3 is 0 Å². The number of nitrogen functional groups attached to an aromatic ring is 1. The number of amidine groups is 1. The summed E-state index contributed by atoms with van der Waals surface area (Å²) in [5.41, 5.74) is 8.54. The molecular formula is C18H25N3O4S. The lowest BCUT2D eigenvalue weighted by Gasteiger charge is -2.11. The average Bonchev–Trinajstić information content (AvgIpc) is 2.52. The number of ether oxygens (including phenoxy) is 1. The van der Waals surface area contributed by atoms with Crippen molar-refractivity contribution in [1.82, 2.24) is 4.90 Å². The van der Waals surface area contributed by atoms with Crippen LogP contribution in [-0.4, -0.2) is 44.1 Å². The Hall–Kier alpha value is -2.42. The summed E-state index contributed by atoms with van der Waals surface area (Å²) in [4.78, 5) is 2.14. The average molecular weight is 379 g/mol. The SMILES string of the molecule is CN(C)Cc1ccc(COc2ccc(C(=N)N)cc2)cc1.CS(=O)(=O)O. The van der Waals surface area contributed by atoms with Crippen LogP contribution in [0.2, 0.25) is 0 Å². The van der Waals surface area contributed by atoms with E-state index in [1.54, 1.807) is 12.1 Å². The molecule has 0 bridgehead atoms. The minimum absolute atomic E-state index is 0.0676. The molecule has 26 heavy (non-hydrogen) atoms. The van der Waals surface area contributed by atoms with Crippen LogP contribution in [-0.2, 0) is 23.3 Å². The molecule has 2 aromatic carbocycles. The zero-order valence-corrected chi connectivity index (χ0v) is 16.0. The van der Waals surface area contributed by atoms with Gasteiger partial charge in [0.15, 0.2) is 0 Å². The first-order valence-corrected chi connectivity index (χ1v) is 9.61. The van der Waals surface area contributed by atoms with Gasteiger partial charge in [0.2, 0.25) is 0 Å². The highest BCUT2D eigenvalue weighted by Crippen LogP contribution is 2.14. The second-order valence-electron chi connectivity index (χ2n) is 6.01. The van der Waals surface area contributed by atoms with Crippen LogP contribution in [0.3, 0.4) is 0 Å². The van der Waals surface area contributed by atoms with Gasteiger partial charge < -0.3 is 15.4 Å². The number of nitrogens with two attached hydrogens (primary N) is 1. The molecule has 142 valence electrons. The second kappa shape index (κ2) is 9.91. The molecular weight excluding hydrogens is 354 g/mol. The first kappa shape index (κ1) is 21.6. The molecule has 0 aliphatic carbocycles. The maximum absolute atomic E-state index is 9.19. The third-order valence-electron chi connectivity index (χ3n) is 3.09. The Morgan fingerprint density at radius 3 is 1.96 bits per heavy atom. The van der Waals surface area contributed by atoms with Gasteiger partial charge in [-0.15, -0.1) is 0 Å². The number of benzene rings is 2. The van der Waals surface area contributed by atoms with Gasteiger partial charge in [-0.2, -0.15) is 8.42 Å². The molecule has 2 rings (SSSR count). The fraction of sp³-hybridized carbons (Fsp3) is 0.278. The van der Waals surface area contributed by atoms with Crippen molar-refractivity contribution in [3.63, 3.8) is 0 Å². The maximum atomic E-state index is 9.19. The molecule has 0 radical (unpaired) electrons. The van der Waals surface area contributed by atoms with E-state index in [4.69, 9.17) is 20.4 Å². The van der Waals surface area contributed by atoms with Crippen molar-refractivity contribution in [3.8, 4) is 5.75 Å². The normalized spacial score (nSPS) is 10.8. The lowest BCUT2D eigenvalue weighted by molar-refractivity contribution is 0.306. The third-order valence-corrected chi connectivity index (χ3v) is 3.09. The van der Waals surface area contributed by atoms with E-state index in [0.29, 0.717) is 18.4 Å². The summed E-state index contributed by atoms with van der Waals surface area (Å²) in [6.45, 7) is 1.47. The van der Waals surface area contributed by atoms with E-state index in [1.165, 1.54) is 5.56 Å². The lowest BCUT2D eigenvalue weighted by atomic mass is 10.1. The van der Waals surface area contributed by atoms with E-state index in [-0.39, 0.29) is 5.84 Å². The topological polar surface area (TPSA) is 117 Å². The number of hydrogen-bond acceptors (Lipinski definition) is 5. The molecule has 0 fully saturated rings. The molecule has 0 aliphatic rings. The van der Waals surface area contributed by atoms with Gasteiger partial charge in [0.1, 0.15) is 18.2 Å². The number of hydrogen-bond donors (Lipinski definition) is 3. The highest BCUT2D eigenvalue weighted by Gasteiger charge is 2.00. The summed E-state index contributed by atoms with van der Waals surface area (Å²) in [6.07, 6.45) is 0.715. The smallest absolute Gasteiger partial charge is 0.261 e. The molecule has 8 heteroatoms. The summed E-state index contributed by atoms with van der Waals surface area (Å²) >= 11 is 0. The van der Waals surface area contributed by atoms with Crippen molar-refractivity contribution >= 4 is 16.0 Å². The predicted molar refractivity (Wildman–Crippen MR) is 103 cm³/mol. The number of nitrogens with one attached hydrogen (secondary N) is 1. The van der Waals surface area contributed by atoms with Crippen LogP contribution >= 0.6 is 0 Å². The van der Waals surface area contributed by atoms with Crippen LogP contribution in [0, 0.1) is 5.41 Å². The molecule has 0 saturated carbocycles. The molecule has 0 saturated heterocycles. The fourth-order valence-electron chi connectivity index (χ4n) is 2.00. The zero-order valence-electron chi connectivity index (χ0n) is 15.1. The minimum Gasteiger partial charge on any atom is -0.489 e. The monoisotopic (exact) mass is 379 g/mol. The fourth-order valence-corrected chi connectivity index (χ4v) is 2.00. The Bertz CT molecular complexity index is 793. The van der Waals surface area contributed by atoms with Crippen LogP contribution in [0.1, 0.15) is 16.7 Å². The highest BCUT2D eigenvalue weighted by molar-refractivity contribution is 7.85. The second-order valence-corrected chi connectivity index (χ2v) is 7.48. The zero-order chi connectivity index (χ0) is 19.7. The molecule has 4 N–H and O–H groups in total. The molecule has 0 aliphatic heterocycles. The predicted octanol–water partition coefficient (Wildman–Crippen LogP) is 2.12. The van der Waals surface area contributed by atoms with Crippen molar-refractivity contribution < 1.29 is 17.7 Å². The molecule has 0 spiro atoms. The summed E-state index contributed by atoms with van der Waals surface area (Å²) < 4.78 is 31.6. The van der Waals surface area contributed by atoms with E-state index in [0.717, 1.165) is 17.9 Å². The molecule has 0 aromatic heterocycles. The summed E-state index contributed by atoms with van der Waals surface area (Å²) in [5.74, 6) is 0.843. The van der Waals surface area contributed by atoms with Gasteiger partial charge in [-0.05, 0) is 49.5 Å². The summed E-state index contributed by atoms with van der Waals surface area (Å²) in [6, 6.07) is 15.7. The van der Waals surface area contributed by atoms with Crippen LogP contribution in [0.4, 0.5) is 0 Å². The minimum atomic E-state index is -3.67. The van der Waals surface area contributed by atoms with E-state index >= 15 is 0 Å². The molecule has 2 aromatic rings. The van der Waals surface area contributed by atoms with Crippen LogP contribution in [0.15, 0.2) is 48.5 Å². The van der Waals surface area contributed by atoms with Gasteiger partial charge in [-0.3, -0.25) is 9.96 Å². The van der Waals surface area contributed by atoms with Crippen LogP contribution in [0.5, 0.6) is 5.75 Å². The summed E-state index contributed by atoms with van der Waals surface area (Å²) in [7, 11) is 0.448. The van der Waals surface area contributed by atoms with Crippen molar-refractivity contribution in [3.05, 3.63) is 65.2 Å². The van der Waals surface area contributed by atoms with E-state index in [1.807, 2.05) is 12.1 Å². The van der Waals surface area contributed by atoms with Crippen LogP contribution in [0.25, 0.3) is 0 Å². The van der Waals surface area contributed by atoms with Gasteiger partial charge in [0.05, 0.1) is 6.26 Å². The standard InChI is InChI=1S/C17H21N3O.CH4O3S/c1-20(2)11-13-3-5-14(6-4-13)12-21-16-9-7-15(8-10-16)17(18)19;1-5(2,3)4/h3-10H,11-12H2,1-2H3,(H3,18,19);1H3,(H,2,3,4). The quantitative estimate of drug-likeness (QED) is 0.402. The van der Waals surface area contributed by atoms with Gasteiger partial charge in [-0.1, -0.05) is 24.3 Å². The summed E-state index contributed by atoms with van der Waals surface area (Å²) in [5, 5.41) is 7.34. The number of nitrogens with zero attached hydrogens (tertiary/aromatic N) is 1. The van der Waals surface area contributed by atoms with Gasteiger partial charge in [0, 0.05) is 12.1 Å². The Kier molecular flexibility index (Phi) is 8.24. The van der Waals surface area contributed by atoms with Crippen LogP contribution < -0.4 is 10.5 Å². The van der Waals surface area contributed by atoms with Crippen molar-refractivity contribution in [2.24, 2.45) is 5.73 Å². The molecule has 0 unspecified atom stereocenters. The van der Waals surface area contributed by atoms with E-state index < -0.39 is 10.1 Å². The van der Waals surface area contributed by atoms with Gasteiger partial charge in [-0.25, -0.2) is 0 Å². The first-order chi connectivity index (χ1) is 12.0. The largest absolute Gasteiger partial charge is 0.489 e. The molecule has 0 atom stereocenters. The first-order valence-electron chi connectivity index (χ1n) is 7.77. The Morgan fingerprint density at radius 1 is 1.08 bits per heavy atom. The number of rotatable bonds is 6. The lowest BCUT2D eigenvalue weighted by Crippen LogP contribution is -2.10. The highest BCUT2D eigenvalue weighted by atomic mass is 32.2. The van der Waals surface area contributed by atoms with Crippen molar-refractivity contribution in [1.29, 1.82) is 5.41 Å². The molecule has 7 nitrogen and oxygen atoms in total. The molecule has 0 heterocycles. The van der Waals surface area contributed by atoms with Gasteiger partial charge in [0.25, 0.3) is 10.1 Å². The Balaban J connectivity index is 0.000000597. The maximum Gasteiger partial charge on any atom is 0.261 e. The third kappa shape index (κ3) is 9.77. The van der Waals surface area contributed by atoms with E-state index in [2.05, 4.69) is 43.3 Å². The molecule has 0 amide bonds. The van der Waals surface area contributed by atoms with Crippen molar-refractivity contribution in [2.75, 3.05) is 20.4 Å². The van der Waals surface area contributed by atoms with E-state index in [9.17, 15) is 8.42 Å². The Labute approximate surface area is 154 Å².